The van der Waals surface area contributed by atoms with E-state index < -0.39 is 51.0 Å². The fourth-order valence-corrected chi connectivity index (χ4v) is 2.95. The third kappa shape index (κ3) is 6.15. The molecule has 0 radical (unpaired) electrons. The number of fused-ring (bicyclic) bond motifs is 1. The van der Waals surface area contributed by atoms with Crippen molar-refractivity contribution in [3.63, 3.8) is 0 Å². The normalized spacial score (nSPS) is 24.8. The van der Waals surface area contributed by atoms with Gasteiger partial charge in [-0.2, -0.15) is 0 Å². The Morgan fingerprint density at radius 2 is 1.94 bits per heavy atom. The zero-order valence-electron chi connectivity index (χ0n) is 16.6. The van der Waals surface area contributed by atoms with Crippen LogP contribution in [0, 0.1) is 5.92 Å². The number of rotatable bonds is 6. The summed E-state index contributed by atoms with van der Waals surface area (Å²) in [6.45, 7) is 2.96. The molecular weight excluding hydrogens is 439 g/mol. The van der Waals surface area contributed by atoms with Crippen molar-refractivity contribution in [3.05, 3.63) is 12.7 Å². The van der Waals surface area contributed by atoms with Crippen LogP contribution in [0.3, 0.4) is 0 Å². The van der Waals surface area contributed by atoms with Crippen molar-refractivity contribution in [2.45, 2.75) is 44.4 Å². The summed E-state index contributed by atoms with van der Waals surface area (Å²) >= 11 is 0. The van der Waals surface area contributed by atoms with Gasteiger partial charge in [-0.1, -0.05) is 13.8 Å². The van der Waals surface area contributed by atoms with E-state index in [4.69, 9.17) is 31.1 Å². The highest BCUT2D eigenvalue weighted by Gasteiger charge is 2.45. The first kappa shape index (κ1) is 25.0. The fraction of sp³-hybridized carbons (Fsp3) is 0.600. The van der Waals surface area contributed by atoms with Gasteiger partial charge in [0, 0.05) is 0 Å². The lowest BCUT2D eigenvalue weighted by Crippen LogP contribution is -2.34. The van der Waals surface area contributed by atoms with E-state index in [1.54, 1.807) is 13.8 Å². The lowest BCUT2D eigenvalue weighted by atomic mass is 10.1. The molecule has 0 unspecified atom stereocenters. The summed E-state index contributed by atoms with van der Waals surface area (Å²) in [5.74, 6) is -0.768. The van der Waals surface area contributed by atoms with Gasteiger partial charge < -0.3 is 41.3 Å². The van der Waals surface area contributed by atoms with Crippen molar-refractivity contribution < 1.29 is 43.7 Å². The number of phosphoric acid groups is 1. The second kappa shape index (κ2) is 9.93. The van der Waals surface area contributed by atoms with Gasteiger partial charge >= 0.3 is 13.8 Å². The summed E-state index contributed by atoms with van der Waals surface area (Å²) in [5.41, 5.74) is 11.4. The number of nitrogen functional groups attached to an aromatic ring is 1. The minimum atomic E-state index is -4.72. The molecule has 0 saturated carbocycles. The average Bonchev–Trinajstić information content (AvgIpc) is 3.22. The molecule has 1 aliphatic heterocycles. The van der Waals surface area contributed by atoms with E-state index >= 15 is 0 Å². The van der Waals surface area contributed by atoms with Crippen LogP contribution in [0.4, 0.5) is 5.82 Å². The number of anilines is 1. The SMILES string of the molecule is CC(C)[C@H](N)C(=O)O.Nc1ncnc2c1ncn2[C@@H]1O[C@H](COP(=O)(O)O)[C@@H](O)[C@H]1O. The number of aromatic nitrogens is 4. The Labute approximate surface area is 175 Å². The molecule has 9 N–H and O–H groups in total. The topological polar surface area (TPSA) is 249 Å². The van der Waals surface area contributed by atoms with E-state index in [0.29, 0.717) is 5.52 Å². The van der Waals surface area contributed by atoms with Gasteiger partial charge in [0.1, 0.15) is 36.2 Å². The third-order valence-electron chi connectivity index (χ3n) is 4.41. The molecule has 0 bridgehead atoms. The highest BCUT2D eigenvalue weighted by molar-refractivity contribution is 7.46. The predicted octanol–water partition coefficient (Wildman–Crippen LogP) is -1.81. The lowest BCUT2D eigenvalue weighted by molar-refractivity contribution is -0.139. The molecule has 1 saturated heterocycles. The number of hydrogen-bond donors (Lipinski definition) is 7. The molecular formula is C15H25N6O9P. The van der Waals surface area contributed by atoms with Gasteiger partial charge in [-0.05, 0) is 5.92 Å². The van der Waals surface area contributed by atoms with Gasteiger partial charge in [0.25, 0.3) is 0 Å². The molecule has 1 fully saturated rings. The monoisotopic (exact) mass is 464 g/mol. The summed E-state index contributed by atoms with van der Waals surface area (Å²) in [6, 6.07) is -0.713. The van der Waals surface area contributed by atoms with Gasteiger partial charge in [-0.25, -0.2) is 19.5 Å². The first-order valence-electron chi connectivity index (χ1n) is 8.96. The summed E-state index contributed by atoms with van der Waals surface area (Å²) in [6.07, 6.45) is -2.49. The minimum absolute atomic E-state index is 0.0208. The second-order valence-corrected chi connectivity index (χ2v) is 8.26. The summed E-state index contributed by atoms with van der Waals surface area (Å²) in [7, 11) is -4.72. The van der Waals surface area contributed by atoms with Crippen molar-refractivity contribution in [2.24, 2.45) is 11.7 Å². The van der Waals surface area contributed by atoms with Crippen LogP contribution in [0.2, 0.25) is 0 Å². The molecule has 3 heterocycles. The van der Waals surface area contributed by atoms with Crippen molar-refractivity contribution >= 4 is 30.8 Å². The number of carbonyl (C=O) groups is 1. The zero-order valence-corrected chi connectivity index (χ0v) is 17.5. The molecule has 174 valence electrons. The van der Waals surface area contributed by atoms with E-state index in [0.717, 1.165) is 0 Å². The summed E-state index contributed by atoms with van der Waals surface area (Å²) in [5, 5.41) is 28.3. The van der Waals surface area contributed by atoms with Crippen molar-refractivity contribution in [3.8, 4) is 0 Å². The number of imidazole rings is 1. The number of aliphatic hydroxyl groups is 2. The Kier molecular flexibility index (Phi) is 8.02. The highest BCUT2D eigenvalue weighted by atomic mass is 31.2. The molecule has 1 aliphatic rings. The van der Waals surface area contributed by atoms with Gasteiger partial charge in [-0.3, -0.25) is 13.9 Å². The maximum absolute atomic E-state index is 10.7. The molecule has 0 amide bonds. The van der Waals surface area contributed by atoms with E-state index in [2.05, 4.69) is 19.5 Å². The molecule has 0 aliphatic carbocycles. The molecule has 2 aromatic heterocycles. The van der Waals surface area contributed by atoms with Gasteiger partial charge in [0.05, 0.1) is 12.9 Å². The van der Waals surface area contributed by atoms with E-state index in [1.165, 1.54) is 17.2 Å². The number of ether oxygens (including phenoxy) is 1. The van der Waals surface area contributed by atoms with Crippen LogP contribution in [-0.2, 0) is 18.6 Å². The number of carboxylic acid groups (broad SMARTS) is 1. The average molecular weight is 464 g/mol. The molecule has 0 spiro atoms. The molecule has 0 aromatic carbocycles. The van der Waals surface area contributed by atoms with E-state index in [1.807, 2.05) is 0 Å². The molecule has 15 nitrogen and oxygen atoms in total. The molecule has 2 aromatic rings. The van der Waals surface area contributed by atoms with Crippen molar-refractivity contribution in [1.82, 2.24) is 19.5 Å². The number of aliphatic carboxylic acids is 1. The summed E-state index contributed by atoms with van der Waals surface area (Å²) < 4.78 is 21.8. The number of carboxylic acids is 1. The maximum Gasteiger partial charge on any atom is 0.469 e. The number of nitrogens with two attached hydrogens (primary N) is 2. The van der Waals surface area contributed by atoms with Gasteiger partial charge in [-0.15, -0.1) is 0 Å². The summed E-state index contributed by atoms with van der Waals surface area (Å²) in [4.78, 5) is 39.2. The third-order valence-corrected chi connectivity index (χ3v) is 4.89. The Balaban J connectivity index is 0.000000366. The molecule has 31 heavy (non-hydrogen) atoms. The van der Waals surface area contributed by atoms with E-state index in [9.17, 15) is 19.6 Å². The van der Waals surface area contributed by atoms with Crippen molar-refractivity contribution in [1.29, 1.82) is 0 Å². The Hall–Kier alpha value is -2.23. The van der Waals surface area contributed by atoms with Crippen LogP contribution in [0.25, 0.3) is 11.2 Å². The number of nitrogens with zero attached hydrogens (tertiary/aromatic N) is 4. The van der Waals surface area contributed by atoms with Gasteiger partial charge in [0.15, 0.2) is 17.7 Å². The lowest BCUT2D eigenvalue weighted by Gasteiger charge is -2.16. The van der Waals surface area contributed by atoms with Crippen LogP contribution in [0.15, 0.2) is 12.7 Å². The van der Waals surface area contributed by atoms with Crippen LogP contribution in [0.1, 0.15) is 20.1 Å². The minimum Gasteiger partial charge on any atom is -0.480 e. The van der Waals surface area contributed by atoms with Crippen LogP contribution >= 0.6 is 7.82 Å². The van der Waals surface area contributed by atoms with Crippen LogP contribution < -0.4 is 11.5 Å². The quantitative estimate of drug-likeness (QED) is 0.233. The maximum atomic E-state index is 10.7. The molecule has 5 atom stereocenters. The molecule has 3 rings (SSSR count). The highest BCUT2D eigenvalue weighted by Crippen LogP contribution is 2.38. The Morgan fingerprint density at radius 1 is 1.29 bits per heavy atom. The smallest absolute Gasteiger partial charge is 0.469 e. The van der Waals surface area contributed by atoms with E-state index in [-0.39, 0.29) is 17.4 Å². The van der Waals surface area contributed by atoms with Crippen LogP contribution in [0.5, 0.6) is 0 Å². The number of phosphoric ester groups is 1. The zero-order chi connectivity index (χ0) is 23.5. The molecule has 16 heteroatoms. The number of aliphatic hydroxyl groups excluding tert-OH is 2. The fourth-order valence-electron chi connectivity index (χ4n) is 2.61. The number of hydrogen-bond acceptors (Lipinski definition) is 11. The second-order valence-electron chi connectivity index (χ2n) is 7.02. The first-order chi connectivity index (χ1) is 14.3. The Bertz CT molecular complexity index is 950. The first-order valence-corrected chi connectivity index (χ1v) is 10.5. The Morgan fingerprint density at radius 3 is 2.45 bits per heavy atom. The largest absolute Gasteiger partial charge is 0.480 e. The van der Waals surface area contributed by atoms with Crippen LogP contribution in [-0.4, -0.2) is 81.6 Å². The predicted molar refractivity (Wildman–Crippen MR) is 104 cm³/mol. The van der Waals surface area contributed by atoms with Crippen molar-refractivity contribution in [2.75, 3.05) is 12.3 Å². The standard InChI is InChI=1S/C10H14N5O7P.C5H11NO2/c11-8-5-9(13-2-12-8)15(3-14-5)10-7(17)6(16)4(22-10)1-21-23(18,19)20;1-3(2)4(6)5(7)8/h2-4,6-7,10,16-17H,1H2,(H2,11,12,13)(H2,18,19,20);3-4H,6H2,1-2H3,(H,7,8)/t4-,6-,7-,10-;4-/m10/s1. The van der Waals surface area contributed by atoms with Gasteiger partial charge in [0.2, 0.25) is 0 Å².